The summed E-state index contributed by atoms with van der Waals surface area (Å²) in [5, 5.41) is 0.590. The van der Waals surface area contributed by atoms with Gasteiger partial charge in [-0.1, -0.05) is 52.4 Å². The van der Waals surface area contributed by atoms with Gasteiger partial charge in [0.2, 0.25) is 0 Å². The van der Waals surface area contributed by atoms with Crippen LogP contribution in [0.5, 0.6) is 0 Å². The number of nitrogen functional groups attached to an aromatic ring is 1. The van der Waals surface area contributed by atoms with E-state index >= 15 is 0 Å². The number of nitrogens with two attached hydrogens (primary N) is 1. The molecule has 0 radical (unpaired) electrons. The zero-order valence-electron chi connectivity index (χ0n) is 18.4. The molecule has 1 heterocycles. The maximum atomic E-state index is 13.3. The molecule has 1 aromatic heterocycles. The Morgan fingerprint density at radius 3 is 1.97 bits per heavy atom. The second kappa shape index (κ2) is 16.8. The van der Waals surface area contributed by atoms with Crippen molar-refractivity contribution in [2.24, 2.45) is 0 Å². The zero-order valence-corrected chi connectivity index (χ0v) is 20.8. The highest BCUT2D eigenvalue weighted by atomic mass is 35.5. The van der Waals surface area contributed by atoms with Crippen LogP contribution in [0.4, 0.5) is 9.52 Å². The fourth-order valence-corrected chi connectivity index (χ4v) is 4.34. The largest absolute Gasteiger partial charge is 0.375 e. The van der Waals surface area contributed by atoms with Crippen LogP contribution in [0.25, 0.3) is 11.3 Å². The smallest absolute Gasteiger partial charge is 0.180 e. The van der Waals surface area contributed by atoms with E-state index in [0.717, 1.165) is 24.2 Å². The number of aromatic nitrogens is 1. The molecule has 1 aromatic carbocycles. The summed E-state index contributed by atoms with van der Waals surface area (Å²) in [6.07, 6.45) is 11.3. The minimum atomic E-state index is -0.223. The number of nitrogens with zero attached hydrogens (tertiary/aromatic N) is 2. The first-order valence-electron chi connectivity index (χ1n) is 10.9. The number of anilines is 1. The molecule has 172 valence electrons. The summed E-state index contributed by atoms with van der Waals surface area (Å²) >= 11 is 1.57. The van der Waals surface area contributed by atoms with E-state index in [1.165, 1.54) is 81.5 Å². The molecule has 0 aliphatic rings. The Morgan fingerprint density at radius 1 is 0.867 bits per heavy atom. The van der Waals surface area contributed by atoms with E-state index < -0.39 is 0 Å². The van der Waals surface area contributed by atoms with Gasteiger partial charge in [-0.25, -0.2) is 9.37 Å². The van der Waals surface area contributed by atoms with Gasteiger partial charge < -0.3 is 10.6 Å². The summed E-state index contributed by atoms with van der Waals surface area (Å²) in [6, 6.07) is 6.56. The lowest BCUT2D eigenvalue weighted by atomic mass is 10.1. The van der Waals surface area contributed by atoms with Crippen LogP contribution in [0.1, 0.15) is 70.1 Å². The van der Waals surface area contributed by atoms with Crippen molar-refractivity contribution in [3.05, 3.63) is 35.0 Å². The van der Waals surface area contributed by atoms with Crippen molar-refractivity contribution >= 4 is 41.3 Å². The zero-order chi connectivity index (χ0) is 20.2. The van der Waals surface area contributed by atoms with E-state index in [0.29, 0.717) is 5.13 Å². The van der Waals surface area contributed by atoms with Gasteiger partial charge in [0, 0.05) is 17.0 Å². The number of unbranched alkanes of at least 4 members (excludes halogenated alkanes) is 6. The summed E-state index contributed by atoms with van der Waals surface area (Å²) in [5.41, 5.74) is 7.86. The van der Waals surface area contributed by atoms with Crippen LogP contribution >= 0.6 is 36.2 Å². The first kappa shape index (κ1) is 29.1. The molecule has 0 saturated carbocycles. The van der Waals surface area contributed by atoms with Gasteiger partial charge in [-0.05, 0) is 56.6 Å². The second-order valence-corrected chi connectivity index (χ2v) is 8.66. The van der Waals surface area contributed by atoms with Crippen LogP contribution in [-0.2, 0) is 6.42 Å². The van der Waals surface area contributed by atoms with Gasteiger partial charge in [-0.2, -0.15) is 0 Å². The van der Waals surface area contributed by atoms with Crippen LogP contribution < -0.4 is 5.73 Å². The summed E-state index contributed by atoms with van der Waals surface area (Å²) in [4.78, 5) is 8.33. The molecule has 0 saturated heterocycles. The van der Waals surface area contributed by atoms with Crippen LogP contribution in [-0.4, -0.2) is 29.5 Å². The van der Waals surface area contributed by atoms with Crippen molar-refractivity contribution in [3.8, 4) is 11.3 Å². The van der Waals surface area contributed by atoms with E-state index in [1.807, 2.05) is 0 Å². The average Bonchev–Trinajstić information content (AvgIpc) is 3.07. The number of rotatable bonds is 14. The number of halogens is 3. The van der Waals surface area contributed by atoms with Gasteiger partial charge in [0.25, 0.3) is 0 Å². The molecule has 0 amide bonds. The lowest BCUT2D eigenvalue weighted by molar-refractivity contribution is 0.264. The molecular weight excluding hydrogens is 440 g/mol. The molecule has 2 rings (SSSR count). The van der Waals surface area contributed by atoms with Gasteiger partial charge in [0.15, 0.2) is 5.13 Å². The van der Waals surface area contributed by atoms with Crippen LogP contribution in [0, 0.1) is 5.82 Å². The first-order valence-corrected chi connectivity index (χ1v) is 11.7. The molecule has 0 aliphatic heterocycles. The number of benzene rings is 1. The van der Waals surface area contributed by atoms with E-state index in [4.69, 9.17) is 5.73 Å². The van der Waals surface area contributed by atoms with Crippen molar-refractivity contribution in [1.82, 2.24) is 9.88 Å². The van der Waals surface area contributed by atoms with E-state index in [2.05, 4.69) is 23.7 Å². The second-order valence-electron chi connectivity index (χ2n) is 7.54. The monoisotopic (exact) mass is 477 g/mol. The van der Waals surface area contributed by atoms with E-state index in [-0.39, 0.29) is 30.6 Å². The molecule has 0 aliphatic carbocycles. The quantitative estimate of drug-likeness (QED) is 0.288. The van der Waals surface area contributed by atoms with Crippen LogP contribution in [0.15, 0.2) is 24.3 Å². The Morgan fingerprint density at radius 2 is 1.43 bits per heavy atom. The number of hydrogen-bond acceptors (Lipinski definition) is 4. The third-order valence-corrected chi connectivity index (χ3v) is 6.09. The Hall–Kier alpha value is -0.880. The Kier molecular flexibility index (Phi) is 16.3. The molecule has 0 unspecified atom stereocenters. The minimum absolute atomic E-state index is 0. The highest BCUT2D eigenvalue weighted by Gasteiger charge is 2.14. The van der Waals surface area contributed by atoms with Gasteiger partial charge in [0.1, 0.15) is 5.82 Å². The highest BCUT2D eigenvalue weighted by Crippen LogP contribution is 2.30. The predicted octanol–water partition coefficient (Wildman–Crippen LogP) is 7.38. The molecule has 7 heteroatoms. The van der Waals surface area contributed by atoms with Crippen molar-refractivity contribution in [3.63, 3.8) is 0 Å². The molecule has 0 fully saturated rings. The van der Waals surface area contributed by atoms with Crippen molar-refractivity contribution in [2.75, 3.05) is 25.4 Å². The lowest BCUT2D eigenvalue weighted by Crippen LogP contribution is -2.28. The Bertz CT molecular complexity index is 668. The average molecular weight is 479 g/mol. The van der Waals surface area contributed by atoms with Gasteiger partial charge >= 0.3 is 0 Å². The van der Waals surface area contributed by atoms with Gasteiger partial charge in [0.05, 0.1) is 5.69 Å². The molecular formula is C23H38Cl2FN3S. The minimum Gasteiger partial charge on any atom is -0.375 e. The van der Waals surface area contributed by atoms with Crippen LogP contribution in [0.2, 0.25) is 0 Å². The molecule has 0 atom stereocenters. The lowest BCUT2D eigenvalue weighted by Gasteiger charge is -2.22. The van der Waals surface area contributed by atoms with Crippen molar-refractivity contribution in [2.45, 2.75) is 71.6 Å². The summed E-state index contributed by atoms with van der Waals surface area (Å²) in [6.45, 7) is 7.90. The maximum absolute atomic E-state index is 13.3. The fraction of sp³-hybridized carbons (Fsp3) is 0.609. The number of hydrogen-bond donors (Lipinski definition) is 1. The molecule has 3 nitrogen and oxygen atoms in total. The summed E-state index contributed by atoms with van der Waals surface area (Å²) in [5.74, 6) is -0.223. The number of thiazole rings is 1. The van der Waals surface area contributed by atoms with Gasteiger partial charge in [-0.3, -0.25) is 0 Å². The molecule has 0 bridgehead atoms. The molecule has 2 aromatic rings. The Balaban J connectivity index is 0.00000420. The molecule has 30 heavy (non-hydrogen) atoms. The van der Waals surface area contributed by atoms with Crippen molar-refractivity contribution < 1.29 is 4.39 Å². The van der Waals surface area contributed by atoms with E-state index in [1.54, 1.807) is 23.5 Å². The fourth-order valence-electron chi connectivity index (χ4n) is 3.49. The first-order chi connectivity index (χ1) is 13.6. The predicted molar refractivity (Wildman–Crippen MR) is 135 cm³/mol. The SMILES string of the molecule is CCCCCCN(CCCCCC)CCc1sc(N)nc1-c1ccc(F)cc1.Cl.Cl. The third-order valence-electron chi connectivity index (χ3n) is 5.14. The van der Waals surface area contributed by atoms with Crippen LogP contribution in [0.3, 0.4) is 0 Å². The standard InChI is InChI=1S/C23H36FN3S.2ClH/c1-3-5-7-9-16-27(17-10-8-6-4-2)18-15-21-22(26-23(25)28-21)19-11-13-20(24)14-12-19;;/h11-14H,3-10,15-18H2,1-2H3,(H2,25,26);2*1H. The normalized spacial score (nSPS) is 10.7. The molecule has 0 spiro atoms. The topological polar surface area (TPSA) is 42.1 Å². The van der Waals surface area contributed by atoms with E-state index in [9.17, 15) is 4.39 Å². The maximum Gasteiger partial charge on any atom is 0.180 e. The summed E-state index contributed by atoms with van der Waals surface area (Å²) in [7, 11) is 0. The Labute approximate surface area is 198 Å². The van der Waals surface area contributed by atoms with Crippen molar-refractivity contribution in [1.29, 1.82) is 0 Å². The molecule has 2 N–H and O–H groups in total. The highest BCUT2D eigenvalue weighted by molar-refractivity contribution is 7.15. The third kappa shape index (κ3) is 10.4. The summed E-state index contributed by atoms with van der Waals surface area (Å²) < 4.78 is 13.3. The van der Waals surface area contributed by atoms with Gasteiger partial charge in [-0.15, -0.1) is 36.2 Å².